The quantitative estimate of drug-likeness (QED) is 0.612. The average Bonchev–Trinajstić information content (AvgIpc) is 1.96. The molecule has 66 valence electrons. The molecular weight excluding hydrogens is 281 g/mol. The van der Waals surface area contributed by atoms with E-state index in [1.165, 1.54) is 0 Å². The molecule has 0 atom stereocenters. The molecule has 0 fully saturated rings. The summed E-state index contributed by atoms with van der Waals surface area (Å²) in [5.41, 5.74) is 4.88. The Labute approximate surface area is 80.7 Å². The molecule has 0 aliphatic carbocycles. The summed E-state index contributed by atoms with van der Waals surface area (Å²) in [6.07, 6.45) is -2.64. The molecule has 0 spiro atoms. The van der Waals surface area contributed by atoms with Gasteiger partial charge in [-0.3, -0.25) is 0 Å². The zero-order chi connectivity index (χ0) is 9.30. The van der Waals surface area contributed by atoms with Crippen LogP contribution in [0.1, 0.15) is 12.0 Å². The van der Waals surface area contributed by atoms with Gasteiger partial charge in [-0.05, 0) is 28.7 Å². The highest BCUT2D eigenvalue weighted by Gasteiger charge is 2.15. The number of nitrogens with two attached hydrogens (primary N) is 1. The number of hydrogen-bond donors (Lipinski definition) is 2. The summed E-state index contributed by atoms with van der Waals surface area (Å²) in [5.74, 6) is -0.547. The van der Waals surface area contributed by atoms with E-state index in [9.17, 15) is 8.78 Å². The molecule has 3 N–H and O–H groups in total. The minimum absolute atomic E-state index is 0.109. The van der Waals surface area contributed by atoms with E-state index in [-0.39, 0.29) is 15.1 Å². The van der Waals surface area contributed by atoms with Crippen molar-refractivity contribution in [3.63, 3.8) is 0 Å². The van der Waals surface area contributed by atoms with E-state index in [0.717, 1.165) is 6.07 Å². The Bertz CT molecular complexity index is 306. The highest BCUT2D eigenvalue weighted by atomic mass is 127. The normalized spacial score (nSPS) is 10.7. The Hall–Kier alpha value is -0.660. The van der Waals surface area contributed by atoms with Gasteiger partial charge in [-0.2, -0.15) is 0 Å². The lowest BCUT2D eigenvalue weighted by molar-refractivity contribution is 0.149. The van der Waals surface area contributed by atoms with Crippen LogP contribution in [0.4, 0.5) is 14.6 Å². The molecular formula is C6H5F2IN2O. The van der Waals surface area contributed by atoms with Gasteiger partial charge in [0.1, 0.15) is 3.70 Å². The predicted molar refractivity (Wildman–Crippen MR) is 48.0 cm³/mol. The number of alkyl halides is 2. The fourth-order valence-corrected chi connectivity index (χ4v) is 1.31. The molecule has 0 aromatic carbocycles. The van der Waals surface area contributed by atoms with E-state index < -0.39 is 12.2 Å². The molecule has 0 aliphatic rings. The van der Waals surface area contributed by atoms with E-state index in [0.29, 0.717) is 0 Å². The number of aromatic nitrogens is 1. The number of halogens is 3. The van der Waals surface area contributed by atoms with Crippen molar-refractivity contribution < 1.29 is 13.9 Å². The van der Waals surface area contributed by atoms with E-state index in [2.05, 4.69) is 4.98 Å². The SMILES string of the molecule is Nc1nc(I)c(C(F)F)cc1O. The lowest BCUT2D eigenvalue weighted by atomic mass is 10.3. The van der Waals surface area contributed by atoms with Crippen molar-refractivity contribution in [1.29, 1.82) is 0 Å². The molecule has 1 heterocycles. The van der Waals surface area contributed by atoms with Crippen LogP contribution < -0.4 is 5.73 Å². The third kappa shape index (κ3) is 1.74. The van der Waals surface area contributed by atoms with Crippen LogP contribution in [0.15, 0.2) is 6.07 Å². The van der Waals surface area contributed by atoms with E-state index >= 15 is 0 Å². The number of anilines is 1. The second-order valence-electron chi connectivity index (χ2n) is 2.07. The molecule has 1 aromatic heterocycles. The molecule has 0 saturated carbocycles. The van der Waals surface area contributed by atoms with Gasteiger partial charge in [-0.1, -0.05) is 0 Å². The van der Waals surface area contributed by atoms with Crippen LogP contribution in [0, 0.1) is 3.70 Å². The summed E-state index contributed by atoms with van der Waals surface area (Å²) in [7, 11) is 0. The summed E-state index contributed by atoms with van der Waals surface area (Å²) < 4.78 is 24.4. The van der Waals surface area contributed by atoms with E-state index in [1.807, 2.05) is 0 Å². The number of rotatable bonds is 1. The van der Waals surface area contributed by atoms with Crippen LogP contribution in [0.2, 0.25) is 0 Å². The van der Waals surface area contributed by atoms with Crippen molar-refractivity contribution in [3.8, 4) is 5.75 Å². The van der Waals surface area contributed by atoms with Crippen LogP contribution in [0.3, 0.4) is 0 Å². The lowest BCUT2D eigenvalue weighted by Crippen LogP contribution is -1.98. The minimum Gasteiger partial charge on any atom is -0.504 e. The van der Waals surface area contributed by atoms with Crippen molar-refractivity contribution in [1.82, 2.24) is 4.98 Å². The number of aromatic hydroxyl groups is 1. The van der Waals surface area contributed by atoms with Gasteiger partial charge < -0.3 is 10.8 Å². The second-order valence-corrected chi connectivity index (χ2v) is 3.10. The Balaban J connectivity index is 3.23. The van der Waals surface area contributed by atoms with Gasteiger partial charge in [0.25, 0.3) is 6.43 Å². The second kappa shape index (κ2) is 3.38. The highest BCUT2D eigenvalue weighted by Crippen LogP contribution is 2.29. The van der Waals surface area contributed by atoms with Crippen LogP contribution in [0.5, 0.6) is 5.75 Å². The Morgan fingerprint density at radius 3 is 2.67 bits per heavy atom. The number of nitrogen functional groups attached to an aromatic ring is 1. The third-order valence-electron chi connectivity index (χ3n) is 1.25. The molecule has 3 nitrogen and oxygen atoms in total. The largest absolute Gasteiger partial charge is 0.504 e. The first-order valence-corrected chi connectivity index (χ1v) is 4.03. The van der Waals surface area contributed by atoms with Crippen molar-refractivity contribution in [2.45, 2.75) is 6.43 Å². The van der Waals surface area contributed by atoms with Crippen LogP contribution >= 0.6 is 22.6 Å². The van der Waals surface area contributed by atoms with E-state index in [4.69, 9.17) is 10.8 Å². The summed E-state index contributed by atoms with van der Waals surface area (Å²) in [6.45, 7) is 0. The average molecular weight is 286 g/mol. The fraction of sp³-hybridized carbons (Fsp3) is 0.167. The summed E-state index contributed by atoms with van der Waals surface area (Å²) in [5, 5.41) is 8.95. The minimum atomic E-state index is -2.64. The predicted octanol–water partition coefficient (Wildman–Crippen LogP) is 1.91. The maximum Gasteiger partial charge on any atom is 0.266 e. The summed E-state index contributed by atoms with van der Waals surface area (Å²) >= 11 is 1.64. The standard InChI is InChI=1S/C6H5F2IN2O/c7-4(8)2-1-3(12)6(10)11-5(2)9/h1,4,12H,(H2,10,11). The molecule has 1 aromatic rings. The summed E-state index contributed by atoms with van der Waals surface area (Å²) in [6, 6.07) is 0.925. The van der Waals surface area contributed by atoms with Gasteiger partial charge >= 0.3 is 0 Å². The summed E-state index contributed by atoms with van der Waals surface area (Å²) in [4.78, 5) is 3.53. The first kappa shape index (κ1) is 9.43. The number of hydrogen-bond acceptors (Lipinski definition) is 3. The first-order chi connectivity index (χ1) is 5.52. The van der Waals surface area contributed by atoms with Crippen LogP contribution in [-0.2, 0) is 0 Å². The van der Waals surface area contributed by atoms with Gasteiger partial charge in [-0.15, -0.1) is 0 Å². The van der Waals surface area contributed by atoms with Crippen molar-refractivity contribution in [2.24, 2.45) is 0 Å². The fourth-order valence-electron chi connectivity index (χ4n) is 0.661. The van der Waals surface area contributed by atoms with Crippen LogP contribution in [-0.4, -0.2) is 10.1 Å². The van der Waals surface area contributed by atoms with Crippen LogP contribution in [0.25, 0.3) is 0 Å². The zero-order valence-corrected chi connectivity index (χ0v) is 7.92. The third-order valence-corrected chi connectivity index (χ3v) is 2.11. The van der Waals surface area contributed by atoms with Gasteiger partial charge in [0.15, 0.2) is 11.6 Å². The number of pyridine rings is 1. The molecule has 0 saturated heterocycles. The molecule has 0 aliphatic heterocycles. The molecule has 12 heavy (non-hydrogen) atoms. The van der Waals surface area contributed by atoms with Gasteiger partial charge in [0.2, 0.25) is 0 Å². The number of nitrogens with zero attached hydrogens (tertiary/aromatic N) is 1. The maximum absolute atomic E-state index is 12.1. The Morgan fingerprint density at radius 2 is 2.17 bits per heavy atom. The van der Waals surface area contributed by atoms with Crippen molar-refractivity contribution >= 4 is 28.4 Å². The molecule has 0 radical (unpaired) electrons. The van der Waals surface area contributed by atoms with Gasteiger partial charge in [-0.25, -0.2) is 13.8 Å². The smallest absolute Gasteiger partial charge is 0.266 e. The van der Waals surface area contributed by atoms with Gasteiger partial charge in [0, 0.05) is 0 Å². The van der Waals surface area contributed by atoms with E-state index in [1.54, 1.807) is 22.6 Å². The van der Waals surface area contributed by atoms with Crippen molar-refractivity contribution in [2.75, 3.05) is 5.73 Å². The lowest BCUT2D eigenvalue weighted by Gasteiger charge is -2.04. The molecule has 0 amide bonds. The topological polar surface area (TPSA) is 59.1 Å². The first-order valence-electron chi connectivity index (χ1n) is 2.95. The van der Waals surface area contributed by atoms with Gasteiger partial charge in [0.05, 0.1) is 5.56 Å². The highest BCUT2D eigenvalue weighted by molar-refractivity contribution is 14.1. The molecule has 0 bridgehead atoms. The van der Waals surface area contributed by atoms with Crippen molar-refractivity contribution in [3.05, 3.63) is 15.3 Å². The monoisotopic (exact) mass is 286 g/mol. The Morgan fingerprint density at radius 1 is 1.58 bits per heavy atom. The maximum atomic E-state index is 12.1. The molecule has 0 unspecified atom stereocenters. The zero-order valence-electron chi connectivity index (χ0n) is 5.76. The molecule has 1 rings (SSSR count). The Kier molecular flexibility index (Phi) is 2.65. The molecule has 6 heteroatoms.